The Balaban J connectivity index is 0.000000204. The van der Waals surface area contributed by atoms with Gasteiger partial charge < -0.3 is 25.1 Å². The van der Waals surface area contributed by atoms with Crippen molar-refractivity contribution in [1.29, 1.82) is 0 Å². The number of amides is 1. The fourth-order valence-electron chi connectivity index (χ4n) is 2.59. The van der Waals surface area contributed by atoms with Crippen LogP contribution < -0.4 is 10.5 Å². The Hall–Kier alpha value is -3.72. The van der Waals surface area contributed by atoms with Crippen LogP contribution in [-0.4, -0.2) is 39.9 Å². The molecule has 0 aliphatic heterocycles. The molecule has 0 aliphatic rings. The van der Waals surface area contributed by atoms with Crippen molar-refractivity contribution < 1.29 is 23.6 Å². The number of aliphatic hydroxyl groups excluding tert-OH is 1. The maximum atomic E-state index is 12.2. The Kier molecular flexibility index (Phi) is 6.20. The van der Waals surface area contributed by atoms with Crippen molar-refractivity contribution in [2.24, 2.45) is 5.73 Å². The number of nitrogens with zero attached hydrogens (tertiary/aromatic N) is 2. The van der Waals surface area contributed by atoms with Gasteiger partial charge in [0.05, 0.1) is 20.1 Å². The summed E-state index contributed by atoms with van der Waals surface area (Å²) in [5.74, 6) is 0.787. The molecule has 0 aliphatic carbocycles. The highest BCUT2D eigenvalue weighted by atomic mass is 19.1. The normalized spacial score (nSPS) is 10.4. The van der Waals surface area contributed by atoms with Gasteiger partial charge in [-0.05, 0) is 42.5 Å². The smallest absolute Gasteiger partial charge is 0.248 e. The summed E-state index contributed by atoms with van der Waals surface area (Å²) in [5, 5.41) is 13.7. The summed E-state index contributed by atoms with van der Waals surface area (Å²) >= 11 is 0. The lowest BCUT2D eigenvalue weighted by molar-refractivity contribution is 0.1000. The van der Waals surface area contributed by atoms with Crippen LogP contribution in [-0.2, 0) is 6.42 Å². The third-order valence-electron chi connectivity index (χ3n) is 4.05. The van der Waals surface area contributed by atoms with E-state index in [0.717, 1.165) is 22.2 Å². The third-order valence-corrected chi connectivity index (χ3v) is 4.05. The van der Waals surface area contributed by atoms with E-state index in [1.807, 2.05) is 24.4 Å². The van der Waals surface area contributed by atoms with Gasteiger partial charge in [-0.1, -0.05) is 5.16 Å². The number of ether oxygens (including phenoxy) is 1. The number of benzene rings is 2. The molecule has 2 aromatic heterocycles. The molecular formula is C20H19FN4O4. The second-order valence-electron chi connectivity index (χ2n) is 5.97. The van der Waals surface area contributed by atoms with Gasteiger partial charge in [-0.2, -0.15) is 4.98 Å². The Morgan fingerprint density at radius 2 is 2.03 bits per heavy atom. The zero-order chi connectivity index (χ0) is 20.8. The number of halogens is 1. The van der Waals surface area contributed by atoms with Gasteiger partial charge in [0, 0.05) is 28.2 Å². The van der Waals surface area contributed by atoms with Crippen molar-refractivity contribution in [2.75, 3.05) is 13.7 Å². The van der Waals surface area contributed by atoms with Crippen LogP contribution >= 0.6 is 0 Å². The van der Waals surface area contributed by atoms with Crippen LogP contribution in [0, 0.1) is 5.82 Å². The highest BCUT2D eigenvalue weighted by molar-refractivity contribution is 5.94. The number of primary amides is 1. The molecule has 0 fully saturated rings. The van der Waals surface area contributed by atoms with Crippen molar-refractivity contribution in [1.82, 2.24) is 15.1 Å². The van der Waals surface area contributed by atoms with E-state index in [0.29, 0.717) is 23.7 Å². The summed E-state index contributed by atoms with van der Waals surface area (Å²) in [6.45, 7) is -0.0106. The molecule has 4 N–H and O–H groups in total. The van der Waals surface area contributed by atoms with Gasteiger partial charge >= 0.3 is 0 Å². The van der Waals surface area contributed by atoms with Crippen molar-refractivity contribution in [3.05, 3.63) is 65.9 Å². The molecule has 2 aromatic carbocycles. The minimum Gasteiger partial charge on any atom is -0.497 e. The van der Waals surface area contributed by atoms with Gasteiger partial charge in [-0.3, -0.25) is 4.79 Å². The predicted octanol–water partition coefficient (Wildman–Crippen LogP) is 2.69. The fraction of sp³-hybridized carbons (Fsp3) is 0.150. The van der Waals surface area contributed by atoms with E-state index in [1.54, 1.807) is 7.11 Å². The van der Waals surface area contributed by atoms with Gasteiger partial charge in [0.25, 0.3) is 0 Å². The average molecular weight is 398 g/mol. The van der Waals surface area contributed by atoms with E-state index < -0.39 is 5.91 Å². The van der Waals surface area contributed by atoms with Crippen LogP contribution in [0.15, 0.2) is 53.2 Å². The number of aromatic amines is 1. The first kappa shape index (κ1) is 20.0. The number of nitrogens with two attached hydrogens (primary N) is 1. The molecular weight excluding hydrogens is 379 g/mol. The number of H-pyrrole nitrogens is 1. The summed E-state index contributed by atoms with van der Waals surface area (Å²) in [4.78, 5) is 17.8. The number of rotatable bonds is 5. The maximum Gasteiger partial charge on any atom is 0.248 e. The Bertz CT molecular complexity index is 1110. The largest absolute Gasteiger partial charge is 0.497 e. The molecule has 4 rings (SSSR count). The lowest BCUT2D eigenvalue weighted by atomic mass is 10.1. The predicted molar refractivity (Wildman–Crippen MR) is 104 cm³/mol. The van der Waals surface area contributed by atoms with Crippen LogP contribution in [0.4, 0.5) is 4.39 Å². The number of aromatic nitrogens is 3. The third kappa shape index (κ3) is 4.77. The molecule has 0 unspecified atom stereocenters. The summed E-state index contributed by atoms with van der Waals surface area (Å²) < 4.78 is 22.5. The van der Waals surface area contributed by atoms with Crippen molar-refractivity contribution >= 4 is 16.8 Å². The highest BCUT2D eigenvalue weighted by Crippen LogP contribution is 2.29. The number of carbonyl (C=O) groups excluding carboxylic acids is 1. The van der Waals surface area contributed by atoms with E-state index >= 15 is 0 Å². The van der Waals surface area contributed by atoms with Gasteiger partial charge in [0.1, 0.15) is 11.6 Å². The zero-order valence-corrected chi connectivity index (χ0v) is 15.6. The number of hydrogen-bond donors (Lipinski definition) is 3. The second-order valence-corrected chi connectivity index (χ2v) is 5.97. The van der Waals surface area contributed by atoms with E-state index in [4.69, 9.17) is 20.1 Å². The fourth-order valence-corrected chi connectivity index (χ4v) is 2.59. The molecule has 29 heavy (non-hydrogen) atoms. The number of methoxy groups -OCH3 is 1. The Labute approximate surface area is 165 Å². The van der Waals surface area contributed by atoms with Gasteiger partial charge in [0.15, 0.2) is 0 Å². The molecule has 4 aromatic rings. The molecule has 1 amide bonds. The topological polar surface area (TPSA) is 127 Å². The number of nitrogens with one attached hydrogen (secondary N) is 1. The zero-order valence-electron chi connectivity index (χ0n) is 15.6. The van der Waals surface area contributed by atoms with Gasteiger partial charge in [-0.25, -0.2) is 4.39 Å². The maximum absolute atomic E-state index is 12.2. The first-order valence-electron chi connectivity index (χ1n) is 8.66. The Morgan fingerprint density at radius 1 is 1.28 bits per heavy atom. The molecule has 0 spiro atoms. The summed E-state index contributed by atoms with van der Waals surface area (Å²) in [6, 6.07) is 10.8. The molecule has 9 heteroatoms. The quantitative estimate of drug-likeness (QED) is 0.474. The molecule has 2 heterocycles. The minimum atomic E-state index is -0.542. The first-order valence-corrected chi connectivity index (χ1v) is 8.66. The van der Waals surface area contributed by atoms with Crippen LogP contribution in [0.1, 0.15) is 16.2 Å². The van der Waals surface area contributed by atoms with Crippen LogP contribution in [0.25, 0.3) is 22.3 Å². The van der Waals surface area contributed by atoms with Gasteiger partial charge in [-0.15, -0.1) is 0 Å². The number of aliphatic hydroxyl groups is 1. The van der Waals surface area contributed by atoms with E-state index in [-0.39, 0.29) is 12.4 Å². The van der Waals surface area contributed by atoms with E-state index in [1.165, 1.54) is 24.3 Å². The standard InChI is InChI=1S/C13H13N3O3.C7H6FNO/c1-18-8-2-3-11-9(6-8)10(7-14-11)13-15-12(4-5-17)19-16-13;8-6-3-1-5(2-4-6)7(9)10/h2-3,6-7,14,17H,4-5H2,1H3;1-4H,(H2,9,10). The highest BCUT2D eigenvalue weighted by Gasteiger charge is 2.13. The molecule has 150 valence electrons. The molecule has 0 saturated heterocycles. The van der Waals surface area contributed by atoms with Gasteiger partial charge in [0.2, 0.25) is 17.6 Å². The van der Waals surface area contributed by atoms with Crippen molar-refractivity contribution in [3.8, 4) is 17.1 Å². The van der Waals surface area contributed by atoms with Crippen LogP contribution in [0.5, 0.6) is 5.75 Å². The molecule has 0 radical (unpaired) electrons. The number of carbonyl (C=O) groups is 1. The molecule has 8 nitrogen and oxygen atoms in total. The summed E-state index contributed by atoms with van der Waals surface area (Å²) in [5.41, 5.74) is 7.05. The summed E-state index contributed by atoms with van der Waals surface area (Å²) in [7, 11) is 1.63. The second kappa shape index (κ2) is 8.98. The van der Waals surface area contributed by atoms with E-state index in [9.17, 15) is 9.18 Å². The monoisotopic (exact) mass is 398 g/mol. The molecule has 0 bridgehead atoms. The molecule has 0 atom stereocenters. The SMILES string of the molecule is COc1ccc2[nH]cc(-c3noc(CCO)n3)c2c1.NC(=O)c1ccc(F)cc1. The molecule has 0 saturated carbocycles. The van der Waals surface area contributed by atoms with Crippen LogP contribution in [0.2, 0.25) is 0 Å². The summed E-state index contributed by atoms with van der Waals surface area (Å²) in [6.07, 6.45) is 2.19. The number of hydrogen-bond acceptors (Lipinski definition) is 6. The van der Waals surface area contributed by atoms with Crippen molar-refractivity contribution in [2.45, 2.75) is 6.42 Å². The lowest BCUT2D eigenvalue weighted by Gasteiger charge is -1.99. The number of fused-ring (bicyclic) bond motifs is 1. The van der Waals surface area contributed by atoms with E-state index in [2.05, 4.69) is 15.1 Å². The Morgan fingerprint density at radius 3 is 2.69 bits per heavy atom. The van der Waals surface area contributed by atoms with Crippen LogP contribution in [0.3, 0.4) is 0 Å². The lowest BCUT2D eigenvalue weighted by Crippen LogP contribution is -2.10. The minimum absolute atomic E-state index is 0.0106. The average Bonchev–Trinajstić information content (AvgIpc) is 3.35. The first-order chi connectivity index (χ1) is 14.0. The van der Waals surface area contributed by atoms with Crippen molar-refractivity contribution in [3.63, 3.8) is 0 Å².